The van der Waals surface area contributed by atoms with Crippen LogP contribution in [0.2, 0.25) is 0 Å². The van der Waals surface area contributed by atoms with Crippen LogP contribution in [0, 0.1) is 0 Å². The van der Waals surface area contributed by atoms with Crippen molar-refractivity contribution in [1.82, 2.24) is 20.0 Å². The molecule has 1 aliphatic carbocycles. The summed E-state index contributed by atoms with van der Waals surface area (Å²) in [5.74, 6) is 0.104. The van der Waals surface area contributed by atoms with Crippen molar-refractivity contribution >= 4 is 5.91 Å². The number of hydrogen-bond acceptors (Lipinski definition) is 3. The molecule has 0 spiro atoms. The first-order chi connectivity index (χ1) is 12.7. The van der Waals surface area contributed by atoms with Crippen LogP contribution < -0.4 is 5.32 Å². The molecule has 1 atom stereocenters. The summed E-state index contributed by atoms with van der Waals surface area (Å²) in [6.07, 6.45) is 6.30. The number of carbonyl (C=O) groups excluding carboxylic acids is 1. The Morgan fingerprint density at radius 1 is 1.23 bits per heavy atom. The van der Waals surface area contributed by atoms with E-state index in [9.17, 15) is 4.79 Å². The van der Waals surface area contributed by atoms with Gasteiger partial charge in [0.25, 0.3) is 5.91 Å². The van der Waals surface area contributed by atoms with E-state index in [2.05, 4.69) is 36.5 Å². The Hall–Kier alpha value is -2.14. The van der Waals surface area contributed by atoms with Crippen LogP contribution in [0.15, 0.2) is 24.3 Å². The van der Waals surface area contributed by atoms with E-state index in [0.717, 1.165) is 57.3 Å². The minimum Gasteiger partial charge on any atom is -0.336 e. The third-order valence-electron chi connectivity index (χ3n) is 5.84. The van der Waals surface area contributed by atoms with Crippen molar-refractivity contribution in [3.8, 4) is 5.69 Å². The Morgan fingerprint density at radius 2 is 2.04 bits per heavy atom. The second kappa shape index (κ2) is 7.23. The van der Waals surface area contributed by atoms with Crippen LogP contribution >= 0.6 is 0 Å². The summed E-state index contributed by atoms with van der Waals surface area (Å²) in [7, 11) is 1.98. The molecule has 2 heterocycles. The van der Waals surface area contributed by atoms with Crippen LogP contribution in [0.3, 0.4) is 0 Å². The Bertz CT molecular complexity index is 793. The Labute approximate surface area is 155 Å². The first-order valence-corrected chi connectivity index (χ1v) is 9.88. The summed E-state index contributed by atoms with van der Waals surface area (Å²) < 4.78 is 2.01. The van der Waals surface area contributed by atoms with E-state index in [1.807, 2.05) is 16.6 Å². The average molecular weight is 352 g/mol. The van der Waals surface area contributed by atoms with Gasteiger partial charge in [-0.2, -0.15) is 5.10 Å². The molecule has 0 bridgehead atoms. The summed E-state index contributed by atoms with van der Waals surface area (Å²) in [6, 6.07) is 8.95. The topological polar surface area (TPSA) is 50.2 Å². The number of aromatic nitrogens is 2. The lowest BCUT2D eigenvalue weighted by Gasteiger charge is -2.32. The number of likely N-dealkylation sites (N-methyl/N-ethyl adjacent to an activating group) is 1. The fourth-order valence-corrected chi connectivity index (χ4v) is 4.24. The van der Waals surface area contributed by atoms with Gasteiger partial charge in [-0.3, -0.25) is 4.79 Å². The molecular formula is C21H28N4O. The predicted molar refractivity (Wildman–Crippen MR) is 103 cm³/mol. The predicted octanol–water partition coefficient (Wildman–Crippen LogP) is 2.75. The number of fused-ring (bicyclic) bond motifs is 1. The average Bonchev–Trinajstić information content (AvgIpc) is 3.30. The molecule has 1 unspecified atom stereocenters. The number of nitrogens with zero attached hydrogens (tertiary/aromatic N) is 3. The number of rotatable bonds is 4. The molecule has 1 aromatic heterocycles. The maximum atomic E-state index is 13.2. The number of nitrogens with one attached hydrogen (secondary N) is 1. The molecule has 26 heavy (non-hydrogen) atoms. The molecule has 5 heteroatoms. The number of carbonyl (C=O) groups is 1. The van der Waals surface area contributed by atoms with E-state index >= 15 is 0 Å². The highest BCUT2D eigenvalue weighted by atomic mass is 16.2. The van der Waals surface area contributed by atoms with Gasteiger partial charge in [0.15, 0.2) is 5.69 Å². The molecule has 1 aliphatic heterocycles. The zero-order valence-corrected chi connectivity index (χ0v) is 15.8. The Kier molecular flexibility index (Phi) is 4.81. The minimum atomic E-state index is 0.104. The minimum absolute atomic E-state index is 0.104. The van der Waals surface area contributed by atoms with Crippen molar-refractivity contribution in [2.24, 2.45) is 0 Å². The summed E-state index contributed by atoms with van der Waals surface area (Å²) in [6.45, 7) is 3.78. The van der Waals surface area contributed by atoms with Gasteiger partial charge in [0.2, 0.25) is 0 Å². The fraction of sp³-hybridized carbons (Fsp3) is 0.524. The maximum Gasteiger partial charge on any atom is 0.274 e. The van der Waals surface area contributed by atoms with Gasteiger partial charge in [-0.05, 0) is 63.3 Å². The zero-order chi connectivity index (χ0) is 18.1. The SMILES string of the molecule is CCc1ccc(-n2nc(C(=O)N3CCCC(NC)C3)c3c2CCC3)cc1. The molecule has 0 saturated carbocycles. The quantitative estimate of drug-likeness (QED) is 0.920. The first kappa shape index (κ1) is 17.3. The second-order valence-corrected chi connectivity index (χ2v) is 7.44. The highest BCUT2D eigenvalue weighted by molar-refractivity contribution is 5.94. The van der Waals surface area contributed by atoms with E-state index in [0.29, 0.717) is 11.7 Å². The smallest absolute Gasteiger partial charge is 0.274 e. The number of amides is 1. The van der Waals surface area contributed by atoms with Crippen molar-refractivity contribution in [2.45, 2.75) is 51.5 Å². The Balaban J connectivity index is 1.66. The summed E-state index contributed by atoms with van der Waals surface area (Å²) in [5.41, 5.74) is 5.45. The lowest BCUT2D eigenvalue weighted by Crippen LogP contribution is -2.47. The highest BCUT2D eigenvalue weighted by Crippen LogP contribution is 2.29. The summed E-state index contributed by atoms with van der Waals surface area (Å²) >= 11 is 0. The maximum absolute atomic E-state index is 13.2. The van der Waals surface area contributed by atoms with Gasteiger partial charge in [0, 0.05) is 30.4 Å². The van der Waals surface area contributed by atoms with Crippen LogP contribution in [-0.4, -0.2) is 46.8 Å². The van der Waals surface area contributed by atoms with Gasteiger partial charge in [0.1, 0.15) is 0 Å². The van der Waals surface area contributed by atoms with Gasteiger partial charge in [-0.1, -0.05) is 19.1 Å². The first-order valence-electron chi connectivity index (χ1n) is 9.88. The van der Waals surface area contributed by atoms with Crippen LogP contribution in [0.1, 0.15) is 53.5 Å². The molecule has 0 radical (unpaired) electrons. The van der Waals surface area contributed by atoms with Crippen LogP contribution in [0.5, 0.6) is 0 Å². The fourth-order valence-electron chi connectivity index (χ4n) is 4.24. The molecule has 2 aliphatic rings. The molecule has 1 saturated heterocycles. The normalized spacial score (nSPS) is 19.6. The summed E-state index contributed by atoms with van der Waals surface area (Å²) in [4.78, 5) is 15.2. The van der Waals surface area contributed by atoms with Crippen molar-refractivity contribution in [3.05, 3.63) is 46.8 Å². The van der Waals surface area contributed by atoms with E-state index in [1.54, 1.807) is 0 Å². The highest BCUT2D eigenvalue weighted by Gasteiger charge is 2.31. The van der Waals surface area contributed by atoms with E-state index in [4.69, 9.17) is 5.10 Å². The van der Waals surface area contributed by atoms with Gasteiger partial charge >= 0.3 is 0 Å². The lowest BCUT2D eigenvalue weighted by molar-refractivity contribution is 0.0690. The molecule has 1 amide bonds. The van der Waals surface area contributed by atoms with Crippen molar-refractivity contribution in [3.63, 3.8) is 0 Å². The van der Waals surface area contributed by atoms with E-state index in [1.165, 1.54) is 16.8 Å². The van der Waals surface area contributed by atoms with Crippen molar-refractivity contribution in [2.75, 3.05) is 20.1 Å². The Morgan fingerprint density at radius 3 is 2.77 bits per heavy atom. The number of benzene rings is 1. The number of likely N-dealkylation sites (tertiary alicyclic amines) is 1. The number of piperidine rings is 1. The molecule has 1 N–H and O–H groups in total. The van der Waals surface area contributed by atoms with Crippen molar-refractivity contribution in [1.29, 1.82) is 0 Å². The van der Waals surface area contributed by atoms with E-state index < -0.39 is 0 Å². The molecule has 4 rings (SSSR count). The molecule has 1 aromatic carbocycles. The van der Waals surface area contributed by atoms with Crippen LogP contribution in [0.25, 0.3) is 5.69 Å². The third-order valence-corrected chi connectivity index (χ3v) is 5.84. The second-order valence-electron chi connectivity index (χ2n) is 7.44. The largest absolute Gasteiger partial charge is 0.336 e. The number of hydrogen-bond donors (Lipinski definition) is 1. The van der Waals surface area contributed by atoms with Gasteiger partial charge < -0.3 is 10.2 Å². The lowest BCUT2D eigenvalue weighted by atomic mass is 10.0. The van der Waals surface area contributed by atoms with Gasteiger partial charge in [-0.15, -0.1) is 0 Å². The van der Waals surface area contributed by atoms with Gasteiger partial charge in [0.05, 0.1) is 5.69 Å². The molecule has 5 nitrogen and oxygen atoms in total. The summed E-state index contributed by atoms with van der Waals surface area (Å²) in [5, 5.41) is 8.10. The zero-order valence-electron chi connectivity index (χ0n) is 15.8. The number of aryl methyl sites for hydroxylation is 1. The monoisotopic (exact) mass is 352 g/mol. The third kappa shape index (κ3) is 3.05. The van der Waals surface area contributed by atoms with Crippen molar-refractivity contribution < 1.29 is 4.79 Å². The standard InChI is InChI=1S/C21H28N4O/c1-3-15-9-11-17(12-10-15)25-19-8-4-7-18(19)20(23-25)21(26)24-13-5-6-16(14-24)22-2/h9-12,16,22H,3-8,13-14H2,1-2H3. The van der Waals surface area contributed by atoms with Crippen LogP contribution in [0.4, 0.5) is 0 Å². The molecular weight excluding hydrogens is 324 g/mol. The molecule has 1 fully saturated rings. The molecule has 2 aromatic rings. The van der Waals surface area contributed by atoms with E-state index in [-0.39, 0.29) is 5.91 Å². The molecule has 138 valence electrons. The van der Waals surface area contributed by atoms with Crippen LogP contribution in [-0.2, 0) is 19.3 Å². The van der Waals surface area contributed by atoms with Gasteiger partial charge in [-0.25, -0.2) is 4.68 Å².